The number of hydrogen-bond donors (Lipinski definition) is 7. The van der Waals surface area contributed by atoms with E-state index in [1.807, 2.05) is 0 Å². The Morgan fingerprint density at radius 2 is 2.08 bits per heavy atom. The van der Waals surface area contributed by atoms with Crippen LogP contribution in [-0.2, 0) is 14.3 Å². The van der Waals surface area contributed by atoms with Crippen molar-refractivity contribution in [1.29, 1.82) is 0 Å². The van der Waals surface area contributed by atoms with E-state index < -0.39 is 47.9 Å². The number of aliphatic carboxylic acids is 1. The van der Waals surface area contributed by atoms with Crippen molar-refractivity contribution in [3.05, 3.63) is 23.5 Å². The van der Waals surface area contributed by atoms with E-state index in [4.69, 9.17) is 9.84 Å². The molecule has 0 saturated carbocycles. The molecule has 4 rings (SSSR count). The van der Waals surface area contributed by atoms with Crippen molar-refractivity contribution >= 4 is 36.0 Å². The number of aliphatic hydroxyl groups is 3. The number of aromatic nitrogens is 1. The first kappa shape index (κ1) is 27.9. The molecule has 3 aliphatic rings. The topological polar surface area (TPSA) is 199 Å². The molecule has 0 aromatic carbocycles. The maximum absolute atomic E-state index is 13.3. The number of carbonyl (C=O) groups excluding carboxylic acids is 3. The quantitative estimate of drug-likeness (QED) is 0.0783. The fraction of sp³-hybridized carbons (Fsp3) is 0.583. The van der Waals surface area contributed by atoms with Gasteiger partial charge in [-0.15, -0.1) is 11.8 Å². The number of aliphatic hydroxyl groups excluding tert-OH is 3. The molecule has 13 nitrogen and oxygen atoms in total. The molecule has 4 heterocycles. The summed E-state index contributed by atoms with van der Waals surface area (Å²) in [5, 5.41) is 46.9. The predicted molar refractivity (Wildman–Crippen MR) is 133 cm³/mol. The Labute approximate surface area is 222 Å². The van der Waals surface area contributed by atoms with Crippen LogP contribution in [0, 0.1) is 11.8 Å². The summed E-state index contributed by atoms with van der Waals surface area (Å²) in [6.07, 6.45) is -1.43. The minimum absolute atomic E-state index is 0.00247. The molecule has 3 amide bonds. The summed E-state index contributed by atoms with van der Waals surface area (Å²) in [4.78, 5) is 47.6. The van der Waals surface area contributed by atoms with Gasteiger partial charge in [-0.05, 0) is 18.9 Å². The van der Waals surface area contributed by atoms with Crippen molar-refractivity contribution in [1.82, 2.24) is 20.5 Å². The van der Waals surface area contributed by atoms with Crippen molar-refractivity contribution in [3.8, 4) is 11.8 Å². The number of nitrogens with zero attached hydrogens (tertiary/aromatic N) is 1. The molecule has 0 aliphatic carbocycles. The van der Waals surface area contributed by atoms with Gasteiger partial charge < -0.3 is 45.7 Å². The fourth-order valence-corrected chi connectivity index (χ4v) is 6.71. The third-order valence-electron chi connectivity index (χ3n) is 6.96. The van der Waals surface area contributed by atoms with Crippen LogP contribution < -0.4 is 16.0 Å². The highest BCUT2D eigenvalue weighted by Gasteiger charge is 2.57. The molecular weight excluding hydrogens is 520 g/mol. The van der Waals surface area contributed by atoms with Gasteiger partial charge in [0, 0.05) is 23.9 Å². The maximum Gasteiger partial charge on any atom is 0.315 e. The number of nitrogens with one attached hydrogen (secondary N) is 3. The van der Waals surface area contributed by atoms with E-state index in [1.54, 1.807) is 0 Å². The lowest BCUT2D eigenvalue weighted by Gasteiger charge is -2.32. The van der Waals surface area contributed by atoms with Gasteiger partial charge in [-0.3, -0.25) is 14.4 Å². The fourth-order valence-electron chi connectivity index (χ4n) is 5.06. The van der Waals surface area contributed by atoms with Gasteiger partial charge in [0.1, 0.15) is 23.1 Å². The SMILES string of the molecule is O=Cc1cc(C#CCNC(=O)[C@@]2(CCCCC(=O)O)SC[C@@H]3NC(=O)N[C@@H]32)cn1[C@@H]1O[C@H](CO)[C@@H](O)[C@H]1O. The third kappa shape index (κ3) is 5.52. The zero-order chi connectivity index (χ0) is 27.4. The number of carboxylic acid groups (broad SMARTS) is 1. The molecule has 3 aliphatic heterocycles. The third-order valence-corrected chi connectivity index (χ3v) is 8.65. The number of aldehydes is 1. The predicted octanol–water partition coefficient (Wildman–Crippen LogP) is -1.44. The summed E-state index contributed by atoms with van der Waals surface area (Å²) >= 11 is 1.43. The Kier molecular flexibility index (Phi) is 8.64. The molecular formula is C24H30N4O9S. The van der Waals surface area contributed by atoms with Crippen LogP contribution in [0.15, 0.2) is 12.3 Å². The van der Waals surface area contributed by atoms with Gasteiger partial charge in [0.2, 0.25) is 5.91 Å². The van der Waals surface area contributed by atoms with Crippen molar-refractivity contribution < 1.29 is 44.3 Å². The highest BCUT2D eigenvalue weighted by atomic mass is 32.2. The Morgan fingerprint density at radius 1 is 1.29 bits per heavy atom. The van der Waals surface area contributed by atoms with Crippen LogP contribution in [0.2, 0.25) is 0 Å². The monoisotopic (exact) mass is 550 g/mol. The molecule has 0 spiro atoms. The second kappa shape index (κ2) is 11.7. The van der Waals surface area contributed by atoms with E-state index in [2.05, 4.69) is 27.8 Å². The Balaban J connectivity index is 1.42. The number of rotatable bonds is 10. The molecule has 7 atom stereocenters. The van der Waals surface area contributed by atoms with Crippen molar-refractivity contribution in [2.24, 2.45) is 0 Å². The number of urea groups is 1. The number of amides is 3. The van der Waals surface area contributed by atoms with E-state index in [0.717, 1.165) is 0 Å². The average Bonchev–Trinajstić information content (AvgIpc) is 3.63. The first-order chi connectivity index (χ1) is 18.2. The van der Waals surface area contributed by atoms with Gasteiger partial charge >= 0.3 is 12.0 Å². The van der Waals surface area contributed by atoms with Gasteiger partial charge in [0.25, 0.3) is 0 Å². The maximum atomic E-state index is 13.3. The number of hydrogen-bond acceptors (Lipinski definition) is 9. The molecule has 14 heteroatoms. The molecule has 38 heavy (non-hydrogen) atoms. The normalized spacial score (nSPS) is 31.6. The van der Waals surface area contributed by atoms with Crippen LogP contribution in [0.3, 0.4) is 0 Å². The second-order valence-electron chi connectivity index (χ2n) is 9.40. The standard InChI is InChI=1S/C24H30N4O9S/c29-10-14-8-13(9-28(14)21-19(34)18(33)16(11-30)37-21)4-3-7-25-22(35)24(6-2-1-5-17(31)32)20-15(12-38-24)26-23(36)27-20/h8-10,15-16,18-21,30,33-34H,1-2,5-7,11-12H2,(H,25,35)(H,31,32)(H2,26,27,36)/t15-,16+,18+,19+,20-,21+,24-/m0/s1. The van der Waals surface area contributed by atoms with Gasteiger partial charge in [-0.1, -0.05) is 18.3 Å². The van der Waals surface area contributed by atoms with Crippen LogP contribution in [-0.4, -0.2) is 103 Å². The van der Waals surface area contributed by atoms with Crippen LogP contribution in [0.25, 0.3) is 0 Å². The first-order valence-corrected chi connectivity index (χ1v) is 13.2. The lowest BCUT2D eigenvalue weighted by atomic mass is 9.88. The van der Waals surface area contributed by atoms with Crippen molar-refractivity contribution in [3.63, 3.8) is 0 Å². The molecule has 1 aromatic rings. The van der Waals surface area contributed by atoms with E-state index in [9.17, 15) is 34.5 Å². The highest BCUT2D eigenvalue weighted by molar-refractivity contribution is 8.01. The van der Waals surface area contributed by atoms with Crippen LogP contribution in [0.1, 0.15) is 48.0 Å². The lowest BCUT2D eigenvalue weighted by molar-refractivity contribution is -0.137. The zero-order valence-electron chi connectivity index (χ0n) is 20.3. The molecule has 0 unspecified atom stereocenters. The van der Waals surface area contributed by atoms with Crippen molar-refractivity contribution in [2.75, 3.05) is 18.9 Å². The van der Waals surface area contributed by atoms with Crippen LogP contribution >= 0.6 is 11.8 Å². The molecule has 206 valence electrons. The van der Waals surface area contributed by atoms with Gasteiger partial charge in [0.05, 0.1) is 30.9 Å². The highest BCUT2D eigenvalue weighted by Crippen LogP contribution is 2.44. The van der Waals surface area contributed by atoms with Gasteiger partial charge in [0.15, 0.2) is 12.5 Å². The molecule has 3 saturated heterocycles. The number of thioether (sulfide) groups is 1. The minimum Gasteiger partial charge on any atom is -0.481 e. The van der Waals surface area contributed by atoms with E-state index >= 15 is 0 Å². The number of ether oxygens (including phenoxy) is 1. The summed E-state index contributed by atoms with van der Waals surface area (Å²) in [5.74, 6) is 5.00. The number of carbonyl (C=O) groups is 4. The molecule has 3 fully saturated rings. The average molecular weight is 551 g/mol. The largest absolute Gasteiger partial charge is 0.481 e. The number of fused-ring (bicyclic) bond motifs is 1. The molecule has 0 bridgehead atoms. The summed E-state index contributed by atoms with van der Waals surface area (Å²) in [7, 11) is 0. The second-order valence-corrected chi connectivity index (χ2v) is 10.7. The Bertz CT molecular complexity index is 1150. The zero-order valence-corrected chi connectivity index (χ0v) is 21.1. The van der Waals surface area contributed by atoms with Gasteiger partial charge in [-0.25, -0.2) is 4.79 Å². The summed E-state index contributed by atoms with van der Waals surface area (Å²) < 4.78 is 5.85. The lowest BCUT2D eigenvalue weighted by Crippen LogP contribution is -2.56. The molecule has 0 radical (unpaired) electrons. The van der Waals surface area contributed by atoms with Gasteiger partial charge in [-0.2, -0.15) is 0 Å². The summed E-state index contributed by atoms with van der Waals surface area (Å²) in [6.45, 7) is -0.524. The van der Waals surface area contributed by atoms with E-state index in [1.165, 1.54) is 28.6 Å². The van der Waals surface area contributed by atoms with Crippen LogP contribution in [0.4, 0.5) is 4.79 Å². The minimum atomic E-state index is -1.36. The molecule has 1 aromatic heterocycles. The Hall–Kier alpha value is -3.09. The number of unbranched alkanes of at least 4 members (excludes halogenated alkanes) is 1. The smallest absolute Gasteiger partial charge is 0.315 e. The van der Waals surface area contributed by atoms with E-state index in [0.29, 0.717) is 36.9 Å². The Morgan fingerprint density at radius 3 is 2.76 bits per heavy atom. The summed E-state index contributed by atoms with van der Waals surface area (Å²) in [5.41, 5.74) is 0.552. The first-order valence-electron chi connectivity index (χ1n) is 12.2. The molecule has 7 N–H and O–H groups in total. The number of carboxylic acids is 1. The van der Waals surface area contributed by atoms with Crippen LogP contribution in [0.5, 0.6) is 0 Å². The van der Waals surface area contributed by atoms with Crippen molar-refractivity contribution in [2.45, 2.75) is 67.1 Å². The summed E-state index contributed by atoms with van der Waals surface area (Å²) in [6, 6.07) is 0.491. The van der Waals surface area contributed by atoms with E-state index in [-0.39, 0.29) is 36.6 Å².